The van der Waals surface area contributed by atoms with Gasteiger partial charge in [-0.2, -0.15) is 26.3 Å². The normalized spacial score (nSPS) is 12.5. The predicted molar refractivity (Wildman–Crippen MR) is 66.3 cm³/mol. The van der Waals surface area contributed by atoms with Crippen molar-refractivity contribution in [2.75, 3.05) is 5.73 Å². The molecule has 2 aromatic rings. The summed E-state index contributed by atoms with van der Waals surface area (Å²) in [6.45, 7) is 0. The second kappa shape index (κ2) is 4.98. The average molecular weight is 305 g/mol. The summed E-state index contributed by atoms with van der Waals surface area (Å²) in [5.41, 5.74) is 2.52. The minimum atomic E-state index is -4.71. The van der Waals surface area contributed by atoms with E-state index in [1.807, 2.05) is 0 Å². The first-order valence-corrected chi connectivity index (χ1v) is 5.74. The zero-order valence-electron chi connectivity index (χ0n) is 10.4. The van der Waals surface area contributed by atoms with Crippen molar-refractivity contribution in [3.8, 4) is 11.1 Å². The Morgan fingerprint density at radius 1 is 0.762 bits per heavy atom. The lowest BCUT2D eigenvalue weighted by Crippen LogP contribution is -2.10. The average Bonchev–Trinajstić information content (AvgIpc) is 2.36. The number of hydrogen-bond donors (Lipinski definition) is 1. The van der Waals surface area contributed by atoms with Gasteiger partial charge in [-0.15, -0.1) is 0 Å². The van der Waals surface area contributed by atoms with Crippen LogP contribution in [0.3, 0.4) is 0 Å². The van der Waals surface area contributed by atoms with Crippen LogP contribution in [0.2, 0.25) is 0 Å². The molecule has 0 amide bonds. The summed E-state index contributed by atoms with van der Waals surface area (Å²) in [5.74, 6) is 0. The molecule has 2 aromatic carbocycles. The maximum Gasteiger partial charge on any atom is 0.417 e. The number of alkyl halides is 6. The fourth-order valence-corrected chi connectivity index (χ4v) is 1.98. The number of nitrogens with two attached hydrogens (primary N) is 1. The number of nitrogen functional groups attached to an aromatic ring is 1. The minimum absolute atomic E-state index is 0.227. The first-order valence-electron chi connectivity index (χ1n) is 5.74. The highest BCUT2D eigenvalue weighted by atomic mass is 19.4. The number of hydrogen-bond acceptors (Lipinski definition) is 1. The van der Waals surface area contributed by atoms with Crippen LogP contribution in [0.5, 0.6) is 0 Å². The summed E-state index contributed by atoms with van der Waals surface area (Å²) in [5, 5.41) is 0. The van der Waals surface area contributed by atoms with E-state index in [0.717, 1.165) is 30.3 Å². The Balaban J connectivity index is 2.68. The molecule has 0 fully saturated rings. The summed E-state index contributed by atoms with van der Waals surface area (Å²) >= 11 is 0. The third kappa shape index (κ3) is 3.12. The van der Waals surface area contributed by atoms with Gasteiger partial charge in [-0.1, -0.05) is 18.2 Å². The number of rotatable bonds is 1. The molecule has 0 aliphatic rings. The lowest BCUT2D eigenvalue weighted by atomic mass is 9.96. The molecule has 7 heteroatoms. The molecule has 0 unspecified atom stereocenters. The molecule has 0 atom stereocenters. The van der Waals surface area contributed by atoms with Crippen molar-refractivity contribution >= 4 is 5.69 Å². The van der Waals surface area contributed by atoms with Crippen molar-refractivity contribution in [3.05, 3.63) is 53.6 Å². The second-order valence-electron chi connectivity index (χ2n) is 4.35. The largest absolute Gasteiger partial charge is 0.417 e. The topological polar surface area (TPSA) is 26.0 Å². The molecule has 1 nitrogen and oxygen atoms in total. The van der Waals surface area contributed by atoms with Gasteiger partial charge in [0.15, 0.2) is 0 Å². The molecule has 2 N–H and O–H groups in total. The van der Waals surface area contributed by atoms with E-state index in [0.29, 0.717) is 6.07 Å². The maximum atomic E-state index is 13.0. The van der Waals surface area contributed by atoms with E-state index in [1.54, 1.807) is 0 Å². The molecular weight excluding hydrogens is 296 g/mol. The minimum Gasteiger partial charge on any atom is -0.398 e. The smallest absolute Gasteiger partial charge is 0.398 e. The first-order chi connectivity index (χ1) is 9.60. The van der Waals surface area contributed by atoms with E-state index < -0.39 is 29.0 Å². The molecule has 0 saturated carbocycles. The van der Waals surface area contributed by atoms with Gasteiger partial charge in [0.2, 0.25) is 0 Å². The van der Waals surface area contributed by atoms with Crippen LogP contribution in [-0.4, -0.2) is 0 Å². The van der Waals surface area contributed by atoms with Gasteiger partial charge in [-0.05, 0) is 29.8 Å². The van der Waals surface area contributed by atoms with E-state index in [4.69, 9.17) is 5.73 Å². The summed E-state index contributed by atoms with van der Waals surface area (Å²) in [6, 6.07) is 6.75. The Kier molecular flexibility index (Phi) is 3.61. The summed E-state index contributed by atoms with van der Waals surface area (Å²) in [6.07, 6.45) is -9.35. The van der Waals surface area contributed by atoms with Gasteiger partial charge in [0.25, 0.3) is 0 Å². The molecule has 2 rings (SSSR count). The highest BCUT2D eigenvalue weighted by Gasteiger charge is 2.35. The van der Waals surface area contributed by atoms with Crippen LogP contribution >= 0.6 is 0 Å². The fraction of sp³-hybridized carbons (Fsp3) is 0.143. The van der Waals surface area contributed by atoms with Gasteiger partial charge in [0.1, 0.15) is 0 Å². The molecule has 112 valence electrons. The third-order valence-corrected chi connectivity index (χ3v) is 2.88. The molecule has 0 aliphatic carbocycles. The van der Waals surface area contributed by atoms with Crippen molar-refractivity contribution in [1.29, 1.82) is 0 Å². The lowest BCUT2D eigenvalue weighted by Gasteiger charge is -2.16. The van der Waals surface area contributed by atoms with E-state index >= 15 is 0 Å². The maximum absolute atomic E-state index is 13.0. The summed E-state index contributed by atoms with van der Waals surface area (Å²) in [7, 11) is 0. The second-order valence-corrected chi connectivity index (χ2v) is 4.35. The van der Waals surface area contributed by atoms with Crippen LogP contribution in [-0.2, 0) is 12.4 Å². The van der Waals surface area contributed by atoms with E-state index in [9.17, 15) is 26.3 Å². The molecular formula is C14H9F6N. The number of halogens is 6. The zero-order valence-corrected chi connectivity index (χ0v) is 10.4. The first kappa shape index (κ1) is 15.2. The van der Waals surface area contributed by atoms with Crippen molar-refractivity contribution in [2.45, 2.75) is 12.4 Å². The predicted octanol–water partition coefficient (Wildman–Crippen LogP) is 4.97. The van der Waals surface area contributed by atoms with E-state index in [1.165, 1.54) is 6.07 Å². The van der Waals surface area contributed by atoms with E-state index in [-0.39, 0.29) is 11.3 Å². The molecule has 0 aliphatic heterocycles. The lowest BCUT2D eigenvalue weighted by molar-refractivity contribution is -0.137. The third-order valence-electron chi connectivity index (χ3n) is 2.88. The van der Waals surface area contributed by atoms with Crippen molar-refractivity contribution in [2.24, 2.45) is 0 Å². The van der Waals surface area contributed by atoms with Gasteiger partial charge in [-0.25, -0.2) is 0 Å². The Bertz CT molecular complexity index is 657. The van der Waals surface area contributed by atoms with Crippen LogP contribution in [0.15, 0.2) is 42.5 Å². The van der Waals surface area contributed by atoms with Crippen molar-refractivity contribution in [1.82, 2.24) is 0 Å². The Labute approximate surface area is 116 Å². The van der Waals surface area contributed by atoms with Crippen LogP contribution < -0.4 is 5.73 Å². The van der Waals surface area contributed by atoms with Gasteiger partial charge in [-0.3, -0.25) is 0 Å². The number of benzene rings is 2. The zero-order chi connectivity index (χ0) is 15.8. The van der Waals surface area contributed by atoms with E-state index in [2.05, 4.69) is 0 Å². The molecule has 0 radical (unpaired) electrons. The summed E-state index contributed by atoms with van der Waals surface area (Å²) < 4.78 is 76.9. The molecule has 21 heavy (non-hydrogen) atoms. The molecule has 0 aromatic heterocycles. The standard InChI is InChI=1S/C14H9F6N/c15-13(16,17)9-4-1-3-8(7-9)12-10(14(18,19)20)5-2-6-11(12)21/h1-7H,21H2. The number of anilines is 1. The van der Waals surface area contributed by atoms with Crippen LogP contribution in [0.1, 0.15) is 11.1 Å². The SMILES string of the molecule is Nc1cccc(C(F)(F)F)c1-c1cccc(C(F)(F)F)c1. The van der Waals surface area contributed by atoms with Gasteiger partial charge >= 0.3 is 12.4 Å². The highest BCUT2D eigenvalue weighted by Crippen LogP contribution is 2.41. The monoisotopic (exact) mass is 305 g/mol. The van der Waals surface area contributed by atoms with Crippen LogP contribution in [0, 0.1) is 0 Å². The molecule has 0 spiro atoms. The van der Waals surface area contributed by atoms with Gasteiger partial charge in [0, 0.05) is 11.3 Å². The van der Waals surface area contributed by atoms with Crippen molar-refractivity contribution in [3.63, 3.8) is 0 Å². The van der Waals surface area contributed by atoms with Crippen LogP contribution in [0.4, 0.5) is 32.0 Å². The molecule has 0 saturated heterocycles. The van der Waals surface area contributed by atoms with Gasteiger partial charge < -0.3 is 5.73 Å². The van der Waals surface area contributed by atoms with Crippen molar-refractivity contribution < 1.29 is 26.3 Å². The Hall–Kier alpha value is -2.18. The fourth-order valence-electron chi connectivity index (χ4n) is 1.98. The van der Waals surface area contributed by atoms with Gasteiger partial charge in [0.05, 0.1) is 11.1 Å². The quantitative estimate of drug-likeness (QED) is 0.584. The Morgan fingerprint density at radius 2 is 1.38 bits per heavy atom. The highest BCUT2D eigenvalue weighted by molar-refractivity contribution is 5.80. The molecule has 0 heterocycles. The molecule has 0 bridgehead atoms. The Morgan fingerprint density at radius 3 is 1.95 bits per heavy atom. The van der Waals surface area contributed by atoms with Crippen LogP contribution in [0.25, 0.3) is 11.1 Å². The summed E-state index contributed by atoms with van der Waals surface area (Å²) in [4.78, 5) is 0.